The number of hydrogen-bond acceptors (Lipinski definition) is 3. The zero-order valence-electron chi connectivity index (χ0n) is 19.9. The first-order valence-corrected chi connectivity index (χ1v) is 14.2. The van der Waals surface area contributed by atoms with E-state index in [0.29, 0.717) is 0 Å². The van der Waals surface area contributed by atoms with Gasteiger partial charge in [0.15, 0.2) is 0 Å². The minimum Gasteiger partial charge on any atom is -0.263 e. The predicted octanol–water partition coefficient (Wildman–Crippen LogP) is 9.75. The molecule has 0 atom stereocenters. The SMILES string of the molecule is CCCCCCCCCCc1ccc2c(c1)sc1c3ccc(C#Cc4cccnc4)cc3sc21. The first kappa shape index (κ1) is 23.1. The maximum absolute atomic E-state index is 4.14. The summed E-state index contributed by atoms with van der Waals surface area (Å²) < 4.78 is 5.60. The van der Waals surface area contributed by atoms with Gasteiger partial charge in [0.05, 0.1) is 9.40 Å². The maximum Gasteiger partial charge on any atom is 0.0542 e. The second-order valence-corrected chi connectivity index (χ2v) is 11.2. The summed E-state index contributed by atoms with van der Waals surface area (Å²) in [6.45, 7) is 2.29. The molecule has 0 radical (unpaired) electrons. The second kappa shape index (κ2) is 11.2. The average molecular weight is 482 g/mol. The highest BCUT2D eigenvalue weighted by Gasteiger charge is 2.12. The van der Waals surface area contributed by atoms with Crippen molar-refractivity contribution in [2.75, 3.05) is 0 Å². The van der Waals surface area contributed by atoms with Crippen molar-refractivity contribution in [2.24, 2.45) is 0 Å². The second-order valence-electron chi connectivity index (χ2n) is 9.12. The highest BCUT2D eigenvalue weighted by molar-refractivity contribution is 7.36. The Hall–Kier alpha value is -2.67. The van der Waals surface area contributed by atoms with Crippen LogP contribution in [-0.2, 0) is 6.42 Å². The molecule has 0 aliphatic heterocycles. The Morgan fingerprint density at radius 2 is 1.38 bits per heavy atom. The Morgan fingerprint density at radius 1 is 0.706 bits per heavy atom. The van der Waals surface area contributed by atoms with E-state index in [4.69, 9.17) is 0 Å². The quantitative estimate of drug-likeness (QED) is 0.151. The summed E-state index contributed by atoms with van der Waals surface area (Å²) in [7, 11) is 0. The molecule has 3 aromatic heterocycles. The van der Waals surface area contributed by atoms with E-state index in [0.717, 1.165) is 11.1 Å². The van der Waals surface area contributed by atoms with Gasteiger partial charge >= 0.3 is 0 Å². The lowest BCUT2D eigenvalue weighted by Crippen LogP contribution is -1.86. The maximum atomic E-state index is 4.14. The molecule has 1 nitrogen and oxygen atoms in total. The van der Waals surface area contributed by atoms with Crippen LogP contribution in [0.4, 0.5) is 0 Å². The van der Waals surface area contributed by atoms with Gasteiger partial charge in [-0.1, -0.05) is 81.9 Å². The van der Waals surface area contributed by atoms with E-state index < -0.39 is 0 Å². The Kier molecular flexibility index (Phi) is 7.59. The summed E-state index contributed by atoms with van der Waals surface area (Å²) in [6, 6.07) is 17.7. The molecule has 172 valence electrons. The van der Waals surface area contributed by atoms with E-state index in [1.165, 1.54) is 92.9 Å². The Labute approximate surface area is 210 Å². The normalized spacial score (nSPS) is 11.3. The van der Waals surface area contributed by atoms with Crippen LogP contribution in [0, 0.1) is 11.8 Å². The van der Waals surface area contributed by atoms with Crippen LogP contribution in [0.3, 0.4) is 0 Å². The van der Waals surface area contributed by atoms with Crippen LogP contribution < -0.4 is 0 Å². The van der Waals surface area contributed by atoms with Crippen LogP contribution in [0.15, 0.2) is 60.9 Å². The number of fused-ring (bicyclic) bond motifs is 5. The number of benzene rings is 2. The van der Waals surface area contributed by atoms with Gasteiger partial charge in [-0.2, -0.15) is 0 Å². The standard InChI is InChI=1S/C31H31NS2/c1-2-3-4-5-6-7-8-9-11-23-15-17-26-28(20-23)33-31-27-18-16-24(21-29(27)34-30(26)31)13-14-25-12-10-19-32-22-25/h10,12,15-22H,2-9,11H2,1H3. The largest absolute Gasteiger partial charge is 0.263 e. The van der Waals surface area contributed by atoms with Crippen molar-refractivity contribution in [3.63, 3.8) is 0 Å². The first-order valence-electron chi connectivity index (χ1n) is 12.6. The molecule has 0 spiro atoms. The number of unbranched alkanes of at least 4 members (excludes halogenated alkanes) is 7. The zero-order chi connectivity index (χ0) is 23.2. The van der Waals surface area contributed by atoms with Gasteiger partial charge in [0.25, 0.3) is 0 Å². The van der Waals surface area contributed by atoms with Gasteiger partial charge in [0.1, 0.15) is 0 Å². The zero-order valence-corrected chi connectivity index (χ0v) is 21.5. The lowest BCUT2D eigenvalue weighted by Gasteiger charge is -2.03. The van der Waals surface area contributed by atoms with Crippen LogP contribution in [0.2, 0.25) is 0 Å². The van der Waals surface area contributed by atoms with Crippen molar-refractivity contribution >= 4 is 52.2 Å². The van der Waals surface area contributed by atoms with Gasteiger partial charge in [-0.05, 0) is 48.7 Å². The molecular weight excluding hydrogens is 450 g/mol. The summed E-state index contributed by atoms with van der Waals surface area (Å²) in [5.74, 6) is 6.51. The lowest BCUT2D eigenvalue weighted by molar-refractivity contribution is 0.575. The van der Waals surface area contributed by atoms with Gasteiger partial charge in [-0.25, -0.2) is 0 Å². The molecule has 0 saturated carbocycles. The molecule has 0 unspecified atom stereocenters. The lowest BCUT2D eigenvalue weighted by atomic mass is 10.0. The monoisotopic (exact) mass is 481 g/mol. The molecule has 2 aromatic carbocycles. The molecule has 3 heteroatoms. The Morgan fingerprint density at radius 3 is 2.12 bits per heavy atom. The fraction of sp³-hybridized carbons (Fsp3) is 0.323. The molecule has 5 aromatic rings. The highest BCUT2D eigenvalue weighted by Crippen LogP contribution is 2.44. The Bertz CT molecular complexity index is 1450. The fourth-order valence-corrected chi connectivity index (χ4v) is 7.33. The van der Waals surface area contributed by atoms with Crippen molar-refractivity contribution in [3.05, 3.63) is 77.6 Å². The topological polar surface area (TPSA) is 12.9 Å². The van der Waals surface area contributed by atoms with Crippen molar-refractivity contribution < 1.29 is 0 Å². The summed E-state index contributed by atoms with van der Waals surface area (Å²) in [4.78, 5) is 4.14. The number of thiophene rings is 2. The molecule has 3 heterocycles. The minimum absolute atomic E-state index is 0.948. The minimum atomic E-state index is 0.948. The number of aryl methyl sites for hydroxylation is 1. The van der Waals surface area contributed by atoms with Crippen molar-refractivity contribution in [1.29, 1.82) is 0 Å². The third kappa shape index (κ3) is 5.35. The van der Waals surface area contributed by atoms with E-state index in [-0.39, 0.29) is 0 Å². The number of hydrogen-bond donors (Lipinski definition) is 0. The van der Waals surface area contributed by atoms with Crippen LogP contribution in [0.25, 0.3) is 29.6 Å². The molecule has 0 fully saturated rings. The smallest absolute Gasteiger partial charge is 0.0542 e. The van der Waals surface area contributed by atoms with Gasteiger partial charge < -0.3 is 0 Å². The molecule has 0 aliphatic rings. The summed E-state index contributed by atoms with van der Waals surface area (Å²) in [6.07, 6.45) is 15.8. The Balaban J connectivity index is 1.28. The number of aromatic nitrogens is 1. The molecule has 0 N–H and O–H groups in total. The van der Waals surface area contributed by atoms with Gasteiger partial charge in [0.2, 0.25) is 0 Å². The molecule has 0 saturated heterocycles. The number of pyridine rings is 1. The van der Waals surface area contributed by atoms with Crippen molar-refractivity contribution in [2.45, 2.75) is 64.7 Å². The van der Waals surface area contributed by atoms with E-state index >= 15 is 0 Å². The van der Waals surface area contributed by atoms with Crippen LogP contribution >= 0.6 is 22.7 Å². The first-order chi connectivity index (χ1) is 16.8. The van der Waals surface area contributed by atoms with E-state index in [1.807, 2.05) is 41.0 Å². The molecule has 5 rings (SSSR count). The van der Waals surface area contributed by atoms with E-state index in [9.17, 15) is 0 Å². The van der Waals surface area contributed by atoms with E-state index in [2.05, 4.69) is 60.1 Å². The molecule has 0 amide bonds. The summed E-state index contributed by atoms with van der Waals surface area (Å²) >= 11 is 3.85. The summed E-state index contributed by atoms with van der Waals surface area (Å²) in [5.41, 5.74) is 3.50. The number of nitrogens with zero attached hydrogens (tertiary/aromatic N) is 1. The van der Waals surface area contributed by atoms with Gasteiger partial charge in [-0.15, -0.1) is 22.7 Å². The molecule has 0 bridgehead atoms. The predicted molar refractivity (Wildman–Crippen MR) is 151 cm³/mol. The van der Waals surface area contributed by atoms with E-state index in [1.54, 1.807) is 6.20 Å². The molecule has 34 heavy (non-hydrogen) atoms. The van der Waals surface area contributed by atoms with Crippen molar-refractivity contribution in [3.8, 4) is 11.8 Å². The van der Waals surface area contributed by atoms with Gasteiger partial charge in [0, 0.05) is 43.7 Å². The van der Waals surface area contributed by atoms with Crippen LogP contribution in [-0.4, -0.2) is 4.98 Å². The molecule has 0 aliphatic carbocycles. The van der Waals surface area contributed by atoms with Crippen molar-refractivity contribution in [1.82, 2.24) is 4.98 Å². The third-order valence-corrected chi connectivity index (χ3v) is 8.98. The fourth-order valence-electron chi connectivity index (χ4n) is 4.58. The summed E-state index contributed by atoms with van der Waals surface area (Å²) in [5, 5.41) is 2.77. The highest BCUT2D eigenvalue weighted by atomic mass is 32.1. The third-order valence-electron chi connectivity index (χ3n) is 6.48. The van der Waals surface area contributed by atoms with Gasteiger partial charge in [-0.3, -0.25) is 4.98 Å². The molecular formula is C31H31NS2. The average Bonchev–Trinajstić information content (AvgIpc) is 3.40. The van der Waals surface area contributed by atoms with Crippen LogP contribution in [0.1, 0.15) is 75.0 Å². The number of rotatable bonds is 9. The van der Waals surface area contributed by atoms with Crippen LogP contribution in [0.5, 0.6) is 0 Å².